The van der Waals surface area contributed by atoms with Gasteiger partial charge in [0.25, 0.3) is 0 Å². The van der Waals surface area contributed by atoms with Gasteiger partial charge in [-0.1, -0.05) is 29.8 Å². The van der Waals surface area contributed by atoms with Gasteiger partial charge in [-0.15, -0.1) is 0 Å². The molecule has 0 bridgehead atoms. The highest BCUT2D eigenvalue weighted by Crippen LogP contribution is 2.24. The van der Waals surface area contributed by atoms with Crippen molar-refractivity contribution in [1.29, 1.82) is 0 Å². The predicted octanol–water partition coefficient (Wildman–Crippen LogP) is 3.14. The summed E-state index contributed by atoms with van der Waals surface area (Å²) in [6.07, 6.45) is 1.96. The zero-order valence-corrected chi connectivity index (χ0v) is 13.7. The summed E-state index contributed by atoms with van der Waals surface area (Å²) in [6.45, 7) is 3.76. The third-order valence-electron chi connectivity index (χ3n) is 4.01. The SMILES string of the molecule is C[C@@H](NC1CCN(C(=O)N(C)C)CC1)c1ccccc1Cl. The summed E-state index contributed by atoms with van der Waals surface area (Å²) in [5, 5.41) is 4.43. The van der Waals surface area contributed by atoms with Crippen molar-refractivity contribution >= 4 is 17.6 Å². The number of amides is 2. The summed E-state index contributed by atoms with van der Waals surface area (Å²) in [7, 11) is 3.60. The van der Waals surface area contributed by atoms with Gasteiger partial charge in [0.05, 0.1) is 0 Å². The smallest absolute Gasteiger partial charge is 0.319 e. The van der Waals surface area contributed by atoms with Gasteiger partial charge in [-0.2, -0.15) is 0 Å². The maximum Gasteiger partial charge on any atom is 0.319 e. The van der Waals surface area contributed by atoms with Crippen LogP contribution in [0.25, 0.3) is 0 Å². The Bertz CT molecular complexity index is 484. The zero-order chi connectivity index (χ0) is 15.4. The Hall–Kier alpha value is -1.26. The van der Waals surface area contributed by atoms with Crippen LogP contribution in [0.15, 0.2) is 24.3 Å². The number of piperidine rings is 1. The molecule has 0 spiro atoms. The predicted molar refractivity (Wildman–Crippen MR) is 86.7 cm³/mol. The van der Waals surface area contributed by atoms with Gasteiger partial charge in [0.15, 0.2) is 0 Å². The third kappa shape index (κ3) is 4.11. The lowest BCUT2D eigenvalue weighted by Gasteiger charge is -2.35. The van der Waals surface area contributed by atoms with Crippen molar-refractivity contribution in [3.63, 3.8) is 0 Å². The van der Waals surface area contributed by atoms with Gasteiger partial charge < -0.3 is 15.1 Å². The topological polar surface area (TPSA) is 35.6 Å². The molecule has 1 saturated heterocycles. The summed E-state index contributed by atoms with van der Waals surface area (Å²) in [5.41, 5.74) is 1.13. The van der Waals surface area contributed by atoms with Crippen LogP contribution in [-0.2, 0) is 0 Å². The van der Waals surface area contributed by atoms with Gasteiger partial charge in [0.2, 0.25) is 0 Å². The standard InChI is InChI=1S/C16H24ClN3O/c1-12(14-6-4-5-7-15(14)17)18-13-8-10-20(11-9-13)16(21)19(2)3/h4-7,12-13,18H,8-11H2,1-3H3/t12-/m1/s1. The molecule has 21 heavy (non-hydrogen) atoms. The molecule has 0 saturated carbocycles. The number of hydrogen-bond acceptors (Lipinski definition) is 2. The van der Waals surface area contributed by atoms with E-state index in [9.17, 15) is 4.79 Å². The Morgan fingerprint density at radius 2 is 1.95 bits per heavy atom. The Kier molecular flexibility index (Phi) is 5.48. The van der Waals surface area contributed by atoms with E-state index in [1.807, 2.05) is 23.1 Å². The van der Waals surface area contributed by atoms with E-state index in [0.29, 0.717) is 6.04 Å². The highest BCUT2D eigenvalue weighted by atomic mass is 35.5. The normalized spacial score (nSPS) is 17.6. The molecule has 0 aliphatic carbocycles. The zero-order valence-electron chi connectivity index (χ0n) is 13.0. The quantitative estimate of drug-likeness (QED) is 0.931. The van der Waals surface area contributed by atoms with Crippen LogP contribution in [0, 0.1) is 0 Å². The van der Waals surface area contributed by atoms with Gasteiger partial charge >= 0.3 is 6.03 Å². The fourth-order valence-corrected chi connectivity index (χ4v) is 3.09. The van der Waals surface area contributed by atoms with Crippen LogP contribution in [0.4, 0.5) is 4.79 Å². The van der Waals surface area contributed by atoms with Crippen LogP contribution in [0.3, 0.4) is 0 Å². The largest absolute Gasteiger partial charge is 0.331 e. The van der Waals surface area contributed by atoms with Gasteiger partial charge in [-0.25, -0.2) is 4.79 Å². The number of benzene rings is 1. The monoisotopic (exact) mass is 309 g/mol. The first-order valence-electron chi connectivity index (χ1n) is 7.45. The molecule has 1 N–H and O–H groups in total. The van der Waals surface area contributed by atoms with Crippen molar-refractivity contribution in [3.05, 3.63) is 34.9 Å². The maximum absolute atomic E-state index is 11.9. The summed E-state index contributed by atoms with van der Waals surface area (Å²) in [6, 6.07) is 8.70. The number of nitrogens with zero attached hydrogens (tertiary/aromatic N) is 2. The molecule has 116 valence electrons. The molecule has 2 rings (SSSR count). The molecule has 1 aliphatic rings. The molecule has 0 unspecified atom stereocenters. The fraction of sp³-hybridized carbons (Fsp3) is 0.562. The van der Waals surface area contributed by atoms with Crippen LogP contribution < -0.4 is 5.32 Å². The number of likely N-dealkylation sites (tertiary alicyclic amines) is 1. The van der Waals surface area contributed by atoms with Gasteiger partial charge in [-0.3, -0.25) is 0 Å². The minimum absolute atomic E-state index is 0.104. The molecule has 1 aromatic rings. The van der Waals surface area contributed by atoms with Crippen molar-refractivity contribution in [2.24, 2.45) is 0 Å². The fourth-order valence-electron chi connectivity index (χ4n) is 2.79. The van der Waals surface area contributed by atoms with E-state index in [2.05, 4.69) is 18.3 Å². The number of nitrogens with one attached hydrogen (secondary N) is 1. The van der Waals surface area contributed by atoms with Gasteiger partial charge in [0, 0.05) is 44.3 Å². The number of rotatable bonds is 3. The molecule has 1 aromatic carbocycles. The van der Waals surface area contributed by atoms with Crippen LogP contribution in [0.1, 0.15) is 31.4 Å². The molecule has 1 aliphatic heterocycles. The van der Waals surface area contributed by atoms with E-state index < -0.39 is 0 Å². The highest BCUT2D eigenvalue weighted by Gasteiger charge is 2.24. The number of hydrogen-bond donors (Lipinski definition) is 1. The van der Waals surface area contributed by atoms with E-state index in [0.717, 1.165) is 36.5 Å². The molecule has 4 nitrogen and oxygen atoms in total. The molecule has 2 amide bonds. The Morgan fingerprint density at radius 1 is 1.33 bits per heavy atom. The van der Waals surface area contributed by atoms with Crippen LogP contribution in [0.2, 0.25) is 5.02 Å². The lowest BCUT2D eigenvalue weighted by atomic mass is 10.0. The van der Waals surface area contributed by atoms with E-state index in [1.165, 1.54) is 0 Å². The molecule has 5 heteroatoms. The molecule has 0 aromatic heterocycles. The lowest BCUT2D eigenvalue weighted by Crippen LogP contribution is -2.48. The second kappa shape index (κ2) is 7.14. The van der Waals surface area contributed by atoms with Crippen molar-refractivity contribution in [2.45, 2.75) is 31.8 Å². The first-order valence-corrected chi connectivity index (χ1v) is 7.83. The second-order valence-electron chi connectivity index (χ2n) is 5.85. The molecule has 1 fully saturated rings. The van der Waals surface area contributed by atoms with Gasteiger partial charge in [-0.05, 0) is 31.4 Å². The second-order valence-corrected chi connectivity index (χ2v) is 6.26. The van der Waals surface area contributed by atoms with Crippen LogP contribution in [0.5, 0.6) is 0 Å². The van der Waals surface area contributed by atoms with E-state index in [-0.39, 0.29) is 12.1 Å². The number of carbonyl (C=O) groups is 1. The summed E-state index contributed by atoms with van der Waals surface area (Å²) in [5.74, 6) is 0. The van der Waals surface area contributed by atoms with E-state index >= 15 is 0 Å². The minimum Gasteiger partial charge on any atom is -0.331 e. The highest BCUT2D eigenvalue weighted by molar-refractivity contribution is 6.31. The van der Waals surface area contributed by atoms with E-state index in [1.54, 1.807) is 19.0 Å². The molecule has 1 atom stereocenters. The number of halogens is 1. The van der Waals surface area contributed by atoms with Crippen molar-refractivity contribution in [2.75, 3.05) is 27.2 Å². The average molecular weight is 310 g/mol. The number of urea groups is 1. The molecule has 1 heterocycles. The Balaban J connectivity index is 1.86. The molecular formula is C16H24ClN3O. The van der Waals surface area contributed by atoms with Crippen LogP contribution >= 0.6 is 11.6 Å². The Morgan fingerprint density at radius 3 is 2.52 bits per heavy atom. The molecular weight excluding hydrogens is 286 g/mol. The summed E-state index contributed by atoms with van der Waals surface area (Å²) in [4.78, 5) is 15.5. The third-order valence-corrected chi connectivity index (χ3v) is 4.35. The summed E-state index contributed by atoms with van der Waals surface area (Å²) < 4.78 is 0. The Labute approximate surface area is 132 Å². The maximum atomic E-state index is 11.9. The van der Waals surface area contributed by atoms with Crippen molar-refractivity contribution in [3.8, 4) is 0 Å². The van der Waals surface area contributed by atoms with Crippen LogP contribution in [-0.4, -0.2) is 49.1 Å². The first-order chi connectivity index (χ1) is 9.99. The lowest BCUT2D eigenvalue weighted by molar-refractivity contribution is 0.151. The van der Waals surface area contributed by atoms with Crippen molar-refractivity contribution < 1.29 is 4.79 Å². The van der Waals surface area contributed by atoms with E-state index in [4.69, 9.17) is 11.6 Å². The average Bonchev–Trinajstić information content (AvgIpc) is 2.47. The molecule has 0 radical (unpaired) electrons. The minimum atomic E-state index is 0.104. The summed E-state index contributed by atoms with van der Waals surface area (Å²) >= 11 is 6.24. The van der Waals surface area contributed by atoms with Crippen molar-refractivity contribution in [1.82, 2.24) is 15.1 Å². The number of carbonyl (C=O) groups excluding carboxylic acids is 1. The first kappa shape index (κ1) is 16.1. The van der Waals surface area contributed by atoms with Gasteiger partial charge in [0.1, 0.15) is 0 Å².